The van der Waals surface area contributed by atoms with Gasteiger partial charge in [-0.25, -0.2) is 9.78 Å². The number of carbonyl (C=O) groups excluding carboxylic acids is 1. The lowest BCUT2D eigenvalue weighted by atomic mass is 10.2. The van der Waals surface area contributed by atoms with Crippen LogP contribution in [0.15, 0.2) is 6.20 Å². The van der Waals surface area contributed by atoms with Crippen LogP contribution in [-0.4, -0.2) is 41.7 Å². The number of rotatable bonds is 6. The molecule has 1 aliphatic heterocycles. The van der Waals surface area contributed by atoms with Crippen LogP contribution in [0.1, 0.15) is 49.0 Å². The van der Waals surface area contributed by atoms with Crippen molar-refractivity contribution in [2.24, 2.45) is 11.8 Å². The molecule has 2 heterocycles. The average molecular weight is 337 g/mol. The van der Waals surface area contributed by atoms with E-state index < -0.39 is 0 Å². The second kappa shape index (κ2) is 7.18. The zero-order valence-corrected chi connectivity index (χ0v) is 15.1. The second-order valence-corrected chi connectivity index (χ2v) is 8.42. The summed E-state index contributed by atoms with van der Waals surface area (Å²) < 4.78 is 5.87. The van der Waals surface area contributed by atoms with Gasteiger partial charge in [0.15, 0.2) is 0 Å². The van der Waals surface area contributed by atoms with Gasteiger partial charge in [0, 0.05) is 30.8 Å². The smallest absolute Gasteiger partial charge is 0.318 e. The van der Waals surface area contributed by atoms with Crippen LogP contribution in [0.4, 0.5) is 4.79 Å². The molecule has 1 aliphatic carbocycles. The molecular formula is C17H27N3O2S. The highest BCUT2D eigenvalue weighted by molar-refractivity contribution is 7.11. The molecule has 6 heteroatoms. The lowest BCUT2D eigenvalue weighted by Crippen LogP contribution is -2.41. The minimum atomic E-state index is 0.0328. The van der Waals surface area contributed by atoms with Gasteiger partial charge in [0.2, 0.25) is 0 Å². The van der Waals surface area contributed by atoms with Crippen LogP contribution < -0.4 is 5.32 Å². The summed E-state index contributed by atoms with van der Waals surface area (Å²) in [7, 11) is 0. The van der Waals surface area contributed by atoms with E-state index >= 15 is 0 Å². The predicted molar refractivity (Wildman–Crippen MR) is 91.6 cm³/mol. The van der Waals surface area contributed by atoms with E-state index in [1.807, 2.05) is 11.1 Å². The lowest BCUT2D eigenvalue weighted by Gasteiger charge is -2.22. The number of nitrogens with zero attached hydrogens (tertiary/aromatic N) is 2. The van der Waals surface area contributed by atoms with Gasteiger partial charge in [-0.3, -0.25) is 0 Å². The van der Waals surface area contributed by atoms with Gasteiger partial charge >= 0.3 is 6.03 Å². The Balaban J connectivity index is 1.54. The maximum atomic E-state index is 12.6. The first-order valence-corrected chi connectivity index (χ1v) is 9.44. The monoisotopic (exact) mass is 337 g/mol. The zero-order chi connectivity index (χ0) is 16.4. The van der Waals surface area contributed by atoms with Gasteiger partial charge in [-0.05, 0) is 38.0 Å². The summed E-state index contributed by atoms with van der Waals surface area (Å²) in [6.45, 7) is 8.61. The molecule has 1 aromatic rings. The van der Waals surface area contributed by atoms with Crippen molar-refractivity contribution < 1.29 is 9.53 Å². The van der Waals surface area contributed by atoms with Crippen LogP contribution in [-0.2, 0) is 4.74 Å². The summed E-state index contributed by atoms with van der Waals surface area (Å²) in [5.41, 5.74) is 0. The molecule has 0 spiro atoms. The number of aryl methyl sites for hydroxylation is 1. The first-order valence-electron chi connectivity index (χ1n) is 8.62. The van der Waals surface area contributed by atoms with Crippen molar-refractivity contribution in [3.8, 4) is 0 Å². The van der Waals surface area contributed by atoms with Gasteiger partial charge in [0.1, 0.15) is 5.01 Å². The number of urea groups is 1. The molecule has 2 aliphatic rings. The van der Waals surface area contributed by atoms with Gasteiger partial charge in [0.05, 0.1) is 12.1 Å². The third-order valence-corrected chi connectivity index (χ3v) is 5.37. The molecule has 2 atom stereocenters. The van der Waals surface area contributed by atoms with Crippen molar-refractivity contribution in [1.29, 1.82) is 0 Å². The number of amides is 2. The van der Waals surface area contributed by atoms with Gasteiger partial charge in [-0.2, -0.15) is 0 Å². The Bertz CT molecular complexity index is 542. The van der Waals surface area contributed by atoms with Crippen LogP contribution in [0.25, 0.3) is 0 Å². The lowest BCUT2D eigenvalue weighted by molar-refractivity contribution is 0.0435. The quantitative estimate of drug-likeness (QED) is 0.866. The SMILES string of the molecule is Cc1cnc([C@@H](NC(=O)N2CC[C@@H](OCC(C)C)C2)C2CC2)s1. The number of hydrogen-bond donors (Lipinski definition) is 1. The van der Waals surface area contributed by atoms with Crippen LogP contribution in [0, 0.1) is 18.8 Å². The average Bonchev–Trinajstić information content (AvgIpc) is 3.07. The Morgan fingerprint density at radius 2 is 2.26 bits per heavy atom. The number of hydrogen-bond acceptors (Lipinski definition) is 4. The van der Waals surface area contributed by atoms with Crippen molar-refractivity contribution in [2.45, 2.75) is 52.2 Å². The van der Waals surface area contributed by atoms with E-state index in [0.717, 1.165) is 24.6 Å². The highest BCUT2D eigenvalue weighted by Gasteiger charge is 2.37. The predicted octanol–water partition coefficient (Wildman–Crippen LogP) is 3.36. The summed E-state index contributed by atoms with van der Waals surface area (Å²) in [4.78, 5) is 20.2. The number of thiazole rings is 1. The third kappa shape index (κ3) is 4.44. The summed E-state index contributed by atoms with van der Waals surface area (Å²) >= 11 is 1.69. The molecule has 1 N–H and O–H groups in total. The van der Waals surface area contributed by atoms with E-state index in [4.69, 9.17) is 4.74 Å². The van der Waals surface area contributed by atoms with E-state index in [-0.39, 0.29) is 18.2 Å². The van der Waals surface area contributed by atoms with E-state index in [1.54, 1.807) is 11.3 Å². The summed E-state index contributed by atoms with van der Waals surface area (Å²) in [5.74, 6) is 1.09. The first-order chi connectivity index (χ1) is 11.0. The third-order valence-electron chi connectivity index (χ3n) is 4.38. The normalized spacial score (nSPS) is 22.6. The molecule has 0 radical (unpaired) electrons. The zero-order valence-electron chi connectivity index (χ0n) is 14.2. The summed E-state index contributed by atoms with van der Waals surface area (Å²) in [5, 5.41) is 4.26. The highest BCUT2D eigenvalue weighted by atomic mass is 32.1. The summed E-state index contributed by atoms with van der Waals surface area (Å²) in [6.07, 6.45) is 5.38. The van der Waals surface area contributed by atoms with Crippen LogP contribution >= 0.6 is 11.3 Å². The Kier molecular flexibility index (Phi) is 5.21. The van der Waals surface area contributed by atoms with Crippen molar-refractivity contribution in [2.75, 3.05) is 19.7 Å². The Morgan fingerprint density at radius 1 is 1.48 bits per heavy atom. The highest BCUT2D eigenvalue weighted by Crippen LogP contribution is 2.42. The van der Waals surface area contributed by atoms with E-state index in [2.05, 4.69) is 31.1 Å². The number of ether oxygens (including phenoxy) is 1. The fraction of sp³-hybridized carbons (Fsp3) is 0.765. The van der Waals surface area contributed by atoms with Crippen molar-refractivity contribution in [3.63, 3.8) is 0 Å². The second-order valence-electron chi connectivity index (χ2n) is 7.16. The minimum absolute atomic E-state index is 0.0328. The molecule has 5 nitrogen and oxygen atoms in total. The summed E-state index contributed by atoms with van der Waals surface area (Å²) in [6, 6.07) is 0.113. The molecule has 0 aromatic carbocycles. The molecule has 1 saturated carbocycles. The number of aromatic nitrogens is 1. The molecule has 2 fully saturated rings. The van der Waals surface area contributed by atoms with E-state index in [1.165, 1.54) is 17.7 Å². The minimum Gasteiger partial charge on any atom is -0.376 e. The van der Waals surface area contributed by atoms with Gasteiger partial charge in [0.25, 0.3) is 0 Å². The molecule has 2 amide bonds. The maximum Gasteiger partial charge on any atom is 0.318 e. The molecule has 128 valence electrons. The Hall–Kier alpha value is -1.14. The van der Waals surface area contributed by atoms with Crippen LogP contribution in [0.2, 0.25) is 0 Å². The van der Waals surface area contributed by atoms with Crippen LogP contribution in [0.3, 0.4) is 0 Å². The molecule has 1 aromatic heterocycles. The maximum absolute atomic E-state index is 12.6. The van der Waals surface area contributed by atoms with E-state index in [9.17, 15) is 4.79 Å². The van der Waals surface area contributed by atoms with Crippen molar-refractivity contribution in [3.05, 3.63) is 16.1 Å². The van der Waals surface area contributed by atoms with Gasteiger partial charge < -0.3 is 15.0 Å². The Morgan fingerprint density at radius 3 is 2.87 bits per heavy atom. The fourth-order valence-corrected chi connectivity index (χ4v) is 3.85. The molecular weight excluding hydrogens is 310 g/mol. The molecule has 0 bridgehead atoms. The largest absolute Gasteiger partial charge is 0.376 e. The first kappa shape index (κ1) is 16.7. The van der Waals surface area contributed by atoms with Crippen molar-refractivity contribution >= 4 is 17.4 Å². The molecule has 0 unspecified atom stereocenters. The molecule has 23 heavy (non-hydrogen) atoms. The number of carbonyl (C=O) groups is 1. The van der Waals surface area contributed by atoms with Crippen molar-refractivity contribution in [1.82, 2.24) is 15.2 Å². The molecule has 3 rings (SSSR count). The number of nitrogens with one attached hydrogen (secondary N) is 1. The topological polar surface area (TPSA) is 54.5 Å². The standard InChI is InChI=1S/C17H27N3O2S/c1-11(2)10-22-14-6-7-20(9-14)17(21)19-15(13-4-5-13)16-18-8-12(3)23-16/h8,11,13-15H,4-7,9-10H2,1-3H3,(H,19,21)/t14-,15+/m1/s1. The van der Waals surface area contributed by atoms with E-state index in [0.29, 0.717) is 18.4 Å². The number of likely N-dealkylation sites (tertiary alicyclic amines) is 1. The fourth-order valence-electron chi connectivity index (χ4n) is 2.93. The van der Waals surface area contributed by atoms with Gasteiger partial charge in [-0.15, -0.1) is 11.3 Å². The Labute approximate surface area is 142 Å². The van der Waals surface area contributed by atoms with Gasteiger partial charge in [-0.1, -0.05) is 13.8 Å². The van der Waals surface area contributed by atoms with Crippen LogP contribution in [0.5, 0.6) is 0 Å². The molecule has 1 saturated heterocycles.